The number of nitrogens with one attached hydrogen (secondary N) is 2. The number of aliphatic hydroxyl groups excluding tert-OH is 1. The molecule has 2 fully saturated rings. The number of benzene rings is 1. The zero-order valence-corrected chi connectivity index (χ0v) is 16.0. The lowest BCUT2D eigenvalue weighted by molar-refractivity contribution is -0.0976. The first-order chi connectivity index (χ1) is 13.1. The molecule has 0 spiro atoms. The Bertz CT molecular complexity index is 599. The number of rotatable bonds is 6. The van der Waals surface area contributed by atoms with Crippen LogP contribution in [0.2, 0.25) is 0 Å². The molecule has 2 saturated heterocycles. The average molecular weight is 377 g/mol. The zero-order chi connectivity index (χ0) is 19.1. The van der Waals surface area contributed by atoms with Crippen LogP contribution in [-0.4, -0.2) is 67.2 Å². The minimum absolute atomic E-state index is 0.105. The molecule has 1 aromatic carbocycles. The van der Waals surface area contributed by atoms with E-state index in [0.717, 1.165) is 38.0 Å². The normalized spacial score (nSPS) is 23.0. The van der Waals surface area contributed by atoms with E-state index in [2.05, 4.69) is 27.7 Å². The second-order valence-corrected chi connectivity index (χ2v) is 7.38. The van der Waals surface area contributed by atoms with Crippen LogP contribution in [-0.2, 0) is 22.6 Å². The van der Waals surface area contributed by atoms with E-state index >= 15 is 0 Å². The van der Waals surface area contributed by atoms with Gasteiger partial charge in [0.15, 0.2) is 0 Å². The first-order valence-corrected chi connectivity index (χ1v) is 9.82. The van der Waals surface area contributed by atoms with Crippen molar-refractivity contribution in [2.75, 3.05) is 32.9 Å². The van der Waals surface area contributed by atoms with Crippen LogP contribution in [0.1, 0.15) is 30.9 Å². The van der Waals surface area contributed by atoms with Crippen LogP contribution in [0.25, 0.3) is 0 Å². The Labute approximate surface area is 161 Å². The maximum atomic E-state index is 12.3. The van der Waals surface area contributed by atoms with Crippen LogP contribution in [0, 0.1) is 0 Å². The molecule has 7 nitrogen and oxygen atoms in total. The SMILES string of the molecule is CC(NC(=O)NCc1ccccc1CN1CCC(O)CC1)C1COCCO1. The largest absolute Gasteiger partial charge is 0.393 e. The van der Waals surface area contributed by atoms with E-state index in [1.54, 1.807) is 0 Å². The summed E-state index contributed by atoms with van der Waals surface area (Å²) in [6.07, 6.45) is 1.38. The lowest BCUT2D eigenvalue weighted by Crippen LogP contribution is -2.49. The Morgan fingerprint density at radius 1 is 1.26 bits per heavy atom. The number of likely N-dealkylation sites (tertiary alicyclic amines) is 1. The topological polar surface area (TPSA) is 83.1 Å². The lowest BCUT2D eigenvalue weighted by Gasteiger charge is -2.30. The van der Waals surface area contributed by atoms with E-state index in [9.17, 15) is 9.90 Å². The van der Waals surface area contributed by atoms with Gasteiger partial charge in [0.25, 0.3) is 0 Å². The van der Waals surface area contributed by atoms with Crippen molar-refractivity contribution in [3.63, 3.8) is 0 Å². The standard InChI is InChI=1S/C20H31N3O4/c1-15(19-14-26-10-11-27-19)22-20(25)21-12-16-4-2-3-5-17(16)13-23-8-6-18(24)7-9-23/h2-5,15,18-19,24H,6-14H2,1H3,(H2,21,22,25). The van der Waals surface area contributed by atoms with Gasteiger partial charge in [0, 0.05) is 26.2 Å². The molecular formula is C20H31N3O4. The Balaban J connectivity index is 1.48. The van der Waals surface area contributed by atoms with Crippen LogP contribution in [0.4, 0.5) is 4.79 Å². The van der Waals surface area contributed by atoms with Crippen LogP contribution in [0.15, 0.2) is 24.3 Å². The fourth-order valence-electron chi connectivity index (χ4n) is 3.52. The lowest BCUT2D eigenvalue weighted by atomic mass is 10.0. The Morgan fingerprint density at radius 2 is 2.00 bits per heavy atom. The van der Waals surface area contributed by atoms with Crippen LogP contribution >= 0.6 is 0 Å². The monoisotopic (exact) mass is 377 g/mol. The Hall–Kier alpha value is -1.67. The van der Waals surface area contributed by atoms with Gasteiger partial charge in [-0.1, -0.05) is 24.3 Å². The van der Waals surface area contributed by atoms with Crippen molar-refractivity contribution in [1.29, 1.82) is 0 Å². The average Bonchev–Trinajstić information content (AvgIpc) is 2.69. The third-order valence-corrected chi connectivity index (χ3v) is 5.27. The van der Waals surface area contributed by atoms with Crippen molar-refractivity contribution in [3.05, 3.63) is 35.4 Å². The minimum atomic E-state index is -0.201. The molecule has 27 heavy (non-hydrogen) atoms. The molecule has 0 aromatic heterocycles. The number of amides is 2. The van der Waals surface area contributed by atoms with Crippen molar-refractivity contribution >= 4 is 6.03 Å². The van der Waals surface area contributed by atoms with Crippen molar-refractivity contribution in [1.82, 2.24) is 15.5 Å². The molecule has 7 heteroatoms. The number of hydrogen-bond acceptors (Lipinski definition) is 5. The summed E-state index contributed by atoms with van der Waals surface area (Å²) in [6, 6.07) is 7.87. The van der Waals surface area contributed by atoms with E-state index in [1.807, 2.05) is 19.1 Å². The van der Waals surface area contributed by atoms with Gasteiger partial charge in [-0.3, -0.25) is 4.90 Å². The fourth-order valence-corrected chi connectivity index (χ4v) is 3.52. The van der Waals surface area contributed by atoms with Gasteiger partial charge in [-0.15, -0.1) is 0 Å². The number of carbonyl (C=O) groups excluding carboxylic acids is 1. The molecule has 3 rings (SSSR count). The van der Waals surface area contributed by atoms with Gasteiger partial charge in [0.1, 0.15) is 6.10 Å². The number of ether oxygens (including phenoxy) is 2. The number of nitrogens with zero attached hydrogens (tertiary/aromatic N) is 1. The molecule has 1 aromatic rings. The molecule has 2 aliphatic rings. The summed E-state index contributed by atoms with van der Waals surface area (Å²) in [5, 5.41) is 15.5. The predicted molar refractivity (Wildman–Crippen MR) is 102 cm³/mol. The maximum absolute atomic E-state index is 12.3. The molecule has 150 valence electrons. The molecule has 2 heterocycles. The molecule has 0 radical (unpaired) electrons. The fraction of sp³-hybridized carbons (Fsp3) is 0.650. The van der Waals surface area contributed by atoms with Gasteiger partial charge < -0.3 is 25.2 Å². The minimum Gasteiger partial charge on any atom is -0.393 e. The highest BCUT2D eigenvalue weighted by molar-refractivity contribution is 5.74. The number of piperidine rings is 1. The number of aliphatic hydroxyl groups is 1. The van der Waals surface area contributed by atoms with Crippen molar-refractivity contribution < 1.29 is 19.4 Å². The summed E-state index contributed by atoms with van der Waals surface area (Å²) >= 11 is 0. The summed E-state index contributed by atoms with van der Waals surface area (Å²) in [7, 11) is 0. The van der Waals surface area contributed by atoms with Crippen LogP contribution in [0.3, 0.4) is 0 Å². The van der Waals surface area contributed by atoms with Gasteiger partial charge in [0.05, 0.1) is 32.0 Å². The van der Waals surface area contributed by atoms with E-state index in [-0.39, 0.29) is 24.3 Å². The Kier molecular flexibility index (Phi) is 7.46. The molecule has 0 aliphatic carbocycles. The van der Waals surface area contributed by atoms with Gasteiger partial charge in [-0.05, 0) is 30.9 Å². The summed E-state index contributed by atoms with van der Waals surface area (Å²) in [5.74, 6) is 0. The number of urea groups is 1. The van der Waals surface area contributed by atoms with Crippen molar-refractivity contribution in [3.8, 4) is 0 Å². The van der Waals surface area contributed by atoms with Gasteiger partial charge in [-0.25, -0.2) is 4.79 Å². The summed E-state index contributed by atoms with van der Waals surface area (Å²) < 4.78 is 11.0. The second kappa shape index (κ2) is 10.0. The quantitative estimate of drug-likeness (QED) is 0.695. The number of hydrogen-bond donors (Lipinski definition) is 3. The van der Waals surface area contributed by atoms with E-state index in [0.29, 0.717) is 26.4 Å². The highest BCUT2D eigenvalue weighted by Gasteiger charge is 2.23. The molecule has 3 N–H and O–H groups in total. The van der Waals surface area contributed by atoms with E-state index < -0.39 is 0 Å². The van der Waals surface area contributed by atoms with E-state index in [4.69, 9.17) is 9.47 Å². The summed E-state index contributed by atoms with van der Waals surface area (Å²) in [6.45, 7) is 6.76. The predicted octanol–water partition coefficient (Wildman–Crippen LogP) is 1.25. The number of carbonyl (C=O) groups is 1. The van der Waals surface area contributed by atoms with Gasteiger partial charge >= 0.3 is 6.03 Å². The first kappa shape index (κ1) is 20.1. The third kappa shape index (κ3) is 6.17. The summed E-state index contributed by atoms with van der Waals surface area (Å²) in [5.41, 5.74) is 2.33. The van der Waals surface area contributed by atoms with Crippen LogP contribution < -0.4 is 10.6 Å². The molecule has 2 aliphatic heterocycles. The molecular weight excluding hydrogens is 346 g/mol. The van der Waals surface area contributed by atoms with Gasteiger partial charge in [-0.2, -0.15) is 0 Å². The molecule has 2 atom stereocenters. The second-order valence-electron chi connectivity index (χ2n) is 7.38. The Morgan fingerprint density at radius 3 is 2.70 bits per heavy atom. The maximum Gasteiger partial charge on any atom is 0.315 e. The zero-order valence-electron chi connectivity index (χ0n) is 16.0. The molecule has 0 bridgehead atoms. The molecule has 2 amide bonds. The molecule has 0 saturated carbocycles. The van der Waals surface area contributed by atoms with Crippen molar-refractivity contribution in [2.24, 2.45) is 0 Å². The summed E-state index contributed by atoms with van der Waals surface area (Å²) in [4.78, 5) is 14.6. The van der Waals surface area contributed by atoms with Crippen LogP contribution in [0.5, 0.6) is 0 Å². The first-order valence-electron chi connectivity index (χ1n) is 9.82. The van der Waals surface area contributed by atoms with Crippen molar-refractivity contribution in [2.45, 2.75) is 51.1 Å². The molecule has 2 unspecified atom stereocenters. The third-order valence-electron chi connectivity index (χ3n) is 5.27. The smallest absolute Gasteiger partial charge is 0.315 e. The highest BCUT2D eigenvalue weighted by atomic mass is 16.6. The highest BCUT2D eigenvalue weighted by Crippen LogP contribution is 2.16. The van der Waals surface area contributed by atoms with E-state index in [1.165, 1.54) is 5.56 Å². The van der Waals surface area contributed by atoms with Gasteiger partial charge in [0.2, 0.25) is 0 Å².